The Bertz CT molecular complexity index is 565. The molecule has 0 fully saturated rings. The summed E-state index contributed by atoms with van der Waals surface area (Å²) in [6.45, 7) is 0.594. The van der Waals surface area contributed by atoms with Gasteiger partial charge in [0.15, 0.2) is 0 Å². The van der Waals surface area contributed by atoms with E-state index in [4.69, 9.17) is 4.74 Å². The van der Waals surface area contributed by atoms with E-state index in [9.17, 15) is 4.79 Å². The molecule has 0 aromatic heterocycles. The lowest BCUT2D eigenvalue weighted by molar-refractivity contribution is 0.112. The highest BCUT2D eigenvalue weighted by atomic mass is 79.9. The van der Waals surface area contributed by atoms with Gasteiger partial charge in [0.2, 0.25) is 0 Å². The van der Waals surface area contributed by atoms with Crippen molar-refractivity contribution in [3.63, 3.8) is 0 Å². The van der Waals surface area contributed by atoms with Gasteiger partial charge in [0.25, 0.3) is 0 Å². The molecule has 0 aliphatic carbocycles. The zero-order valence-corrected chi connectivity index (χ0v) is 14.5. The summed E-state index contributed by atoms with van der Waals surface area (Å²) in [5, 5.41) is 0. The molecule has 2 aromatic carbocycles. The Balaban J connectivity index is 1.90. The number of thioether (sulfide) groups is 1. The van der Waals surface area contributed by atoms with E-state index in [0.717, 1.165) is 26.7 Å². The first-order valence-electron chi connectivity index (χ1n) is 5.95. The second-order valence-corrected chi connectivity index (χ2v) is 6.82. The Kier molecular flexibility index (Phi) is 6.13. The largest absolute Gasteiger partial charge is 0.490 e. The standard InChI is InChI=1S/C15H12Br2O2S/c16-13-8-11(10-18)9-14(17)15(13)19-6-7-20-12-4-2-1-3-5-12/h1-5,8-10H,6-7H2. The van der Waals surface area contributed by atoms with E-state index in [1.54, 1.807) is 23.9 Å². The average molecular weight is 416 g/mol. The molecule has 2 aromatic rings. The minimum Gasteiger partial charge on any atom is -0.490 e. The van der Waals surface area contributed by atoms with Crippen molar-refractivity contribution < 1.29 is 9.53 Å². The maximum Gasteiger partial charge on any atom is 0.150 e. The topological polar surface area (TPSA) is 26.3 Å². The molecule has 0 aliphatic heterocycles. The van der Waals surface area contributed by atoms with E-state index in [1.807, 2.05) is 18.2 Å². The monoisotopic (exact) mass is 414 g/mol. The Labute approximate surface area is 139 Å². The second kappa shape index (κ2) is 7.86. The van der Waals surface area contributed by atoms with Crippen LogP contribution in [0.3, 0.4) is 0 Å². The number of hydrogen-bond donors (Lipinski definition) is 0. The maximum absolute atomic E-state index is 10.8. The highest BCUT2D eigenvalue weighted by molar-refractivity contribution is 9.11. The van der Waals surface area contributed by atoms with Gasteiger partial charge in [0.1, 0.15) is 12.0 Å². The van der Waals surface area contributed by atoms with Gasteiger partial charge in [-0.1, -0.05) is 18.2 Å². The van der Waals surface area contributed by atoms with Gasteiger partial charge >= 0.3 is 0 Å². The molecule has 0 amide bonds. The van der Waals surface area contributed by atoms with Crippen LogP contribution in [0.1, 0.15) is 10.4 Å². The second-order valence-electron chi connectivity index (χ2n) is 3.94. The van der Waals surface area contributed by atoms with Crippen LogP contribution in [0.2, 0.25) is 0 Å². The number of carbonyl (C=O) groups excluding carboxylic acids is 1. The first-order chi connectivity index (χ1) is 9.70. The van der Waals surface area contributed by atoms with Gasteiger partial charge in [-0.15, -0.1) is 11.8 Å². The fourth-order valence-corrected chi connectivity index (χ4v) is 3.81. The normalized spacial score (nSPS) is 10.3. The van der Waals surface area contributed by atoms with E-state index in [-0.39, 0.29) is 0 Å². The molecule has 0 bridgehead atoms. The van der Waals surface area contributed by atoms with Gasteiger partial charge < -0.3 is 4.74 Å². The molecule has 5 heteroatoms. The van der Waals surface area contributed by atoms with Gasteiger partial charge in [0, 0.05) is 16.2 Å². The summed E-state index contributed by atoms with van der Waals surface area (Å²) < 4.78 is 7.31. The fraction of sp³-hybridized carbons (Fsp3) is 0.133. The lowest BCUT2D eigenvalue weighted by Crippen LogP contribution is -2.01. The van der Waals surface area contributed by atoms with Crippen LogP contribution in [-0.2, 0) is 0 Å². The third-order valence-corrected chi connectivity index (χ3v) is 4.65. The molecule has 0 radical (unpaired) electrons. The van der Waals surface area contributed by atoms with E-state index in [2.05, 4.69) is 44.0 Å². The van der Waals surface area contributed by atoms with Gasteiger partial charge in [-0.3, -0.25) is 4.79 Å². The van der Waals surface area contributed by atoms with Crippen molar-refractivity contribution >= 4 is 49.9 Å². The first kappa shape index (κ1) is 15.6. The Morgan fingerprint density at radius 2 is 1.75 bits per heavy atom. The molecular weight excluding hydrogens is 404 g/mol. The quantitative estimate of drug-likeness (QED) is 0.368. The Hall–Kier alpha value is -0.780. The van der Waals surface area contributed by atoms with Crippen molar-refractivity contribution in [2.75, 3.05) is 12.4 Å². The molecule has 20 heavy (non-hydrogen) atoms. The highest BCUT2D eigenvalue weighted by Gasteiger charge is 2.08. The molecule has 104 valence electrons. The number of halogens is 2. The number of rotatable bonds is 6. The summed E-state index contributed by atoms with van der Waals surface area (Å²) in [4.78, 5) is 12.0. The average Bonchev–Trinajstić information content (AvgIpc) is 2.46. The Morgan fingerprint density at radius 1 is 1.10 bits per heavy atom. The molecular formula is C15H12Br2O2S. The first-order valence-corrected chi connectivity index (χ1v) is 8.52. The van der Waals surface area contributed by atoms with Crippen LogP contribution < -0.4 is 4.74 Å². The molecule has 0 saturated heterocycles. The fourth-order valence-electron chi connectivity index (χ4n) is 1.61. The Morgan fingerprint density at radius 3 is 2.35 bits per heavy atom. The molecule has 0 aliphatic rings. The van der Waals surface area contributed by atoms with Crippen LogP contribution in [0.4, 0.5) is 0 Å². The number of ether oxygens (including phenoxy) is 1. The minimum atomic E-state index is 0.594. The van der Waals surface area contributed by atoms with Gasteiger partial charge in [-0.2, -0.15) is 0 Å². The molecule has 2 rings (SSSR count). The molecule has 2 nitrogen and oxygen atoms in total. The molecule has 0 N–H and O–H groups in total. The maximum atomic E-state index is 10.8. The third-order valence-electron chi connectivity index (χ3n) is 2.50. The number of benzene rings is 2. The van der Waals surface area contributed by atoms with Gasteiger partial charge in [-0.25, -0.2) is 0 Å². The van der Waals surface area contributed by atoms with Crippen LogP contribution in [0.15, 0.2) is 56.3 Å². The lowest BCUT2D eigenvalue weighted by atomic mass is 10.2. The third kappa shape index (κ3) is 4.36. The molecule has 0 unspecified atom stereocenters. The zero-order valence-electron chi connectivity index (χ0n) is 10.5. The van der Waals surface area contributed by atoms with Crippen molar-refractivity contribution in [1.29, 1.82) is 0 Å². The van der Waals surface area contributed by atoms with Crippen LogP contribution in [0, 0.1) is 0 Å². The number of carbonyl (C=O) groups is 1. The lowest BCUT2D eigenvalue weighted by Gasteiger charge is -2.10. The zero-order chi connectivity index (χ0) is 14.4. The summed E-state index contributed by atoms with van der Waals surface area (Å²) in [6, 6.07) is 13.7. The van der Waals surface area contributed by atoms with Crippen molar-refractivity contribution in [3.8, 4) is 5.75 Å². The van der Waals surface area contributed by atoms with Gasteiger partial charge in [-0.05, 0) is 56.1 Å². The van der Waals surface area contributed by atoms with Crippen molar-refractivity contribution in [3.05, 3.63) is 57.0 Å². The van der Waals surface area contributed by atoms with Crippen molar-refractivity contribution in [2.24, 2.45) is 0 Å². The smallest absolute Gasteiger partial charge is 0.150 e. The van der Waals surface area contributed by atoms with E-state index < -0.39 is 0 Å². The van der Waals surface area contributed by atoms with E-state index in [1.165, 1.54) is 4.90 Å². The summed E-state index contributed by atoms with van der Waals surface area (Å²) >= 11 is 8.58. The van der Waals surface area contributed by atoms with Crippen LogP contribution >= 0.6 is 43.6 Å². The SMILES string of the molecule is O=Cc1cc(Br)c(OCCSc2ccccc2)c(Br)c1. The van der Waals surface area contributed by atoms with Gasteiger partial charge in [0.05, 0.1) is 15.6 Å². The van der Waals surface area contributed by atoms with Crippen LogP contribution in [-0.4, -0.2) is 18.6 Å². The van der Waals surface area contributed by atoms with Crippen molar-refractivity contribution in [2.45, 2.75) is 4.90 Å². The van der Waals surface area contributed by atoms with Crippen LogP contribution in [0.5, 0.6) is 5.75 Å². The van der Waals surface area contributed by atoms with E-state index >= 15 is 0 Å². The highest BCUT2D eigenvalue weighted by Crippen LogP contribution is 2.34. The number of hydrogen-bond acceptors (Lipinski definition) is 3. The molecule has 0 saturated carbocycles. The predicted octanol–water partition coefficient (Wildman–Crippen LogP) is 5.20. The molecule has 0 atom stereocenters. The summed E-state index contributed by atoms with van der Waals surface area (Å²) in [6.07, 6.45) is 0.810. The van der Waals surface area contributed by atoms with Crippen LogP contribution in [0.25, 0.3) is 0 Å². The van der Waals surface area contributed by atoms with E-state index in [0.29, 0.717) is 12.2 Å². The molecule has 0 spiro atoms. The van der Waals surface area contributed by atoms with Crippen molar-refractivity contribution in [1.82, 2.24) is 0 Å². The summed E-state index contributed by atoms with van der Waals surface area (Å²) in [7, 11) is 0. The molecule has 0 heterocycles. The minimum absolute atomic E-state index is 0.594. The summed E-state index contributed by atoms with van der Waals surface area (Å²) in [5.41, 5.74) is 0.606. The summed E-state index contributed by atoms with van der Waals surface area (Å²) in [5.74, 6) is 1.59. The number of aldehydes is 1. The predicted molar refractivity (Wildman–Crippen MR) is 89.9 cm³/mol.